The van der Waals surface area contributed by atoms with Crippen LogP contribution in [0.2, 0.25) is 0 Å². The Kier molecular flexibility index (Phi) is 8.95. The SMILES string of the molecule is CN(C)S(=O)(=O)N(Cc1ccc(C(=O)Nc2ccccc2C(=O)NC[C@@H]2CCCO2)cc1)c1ccccc1F. The van der Waals surface area contributed by atoms with Gasteiger partial charge in [-0.15, -0.1) is 0 Å². The molecule has 2 N–H and O–H groups in total. The molecule has 0 aliphatic carbocycles. The Labute approximate surface area is 227 Å². The molecule has 11 heteroatoms. The van der Waals surface area contributed by atoms with Gasteiger partial charge < -0.3 is 15.4 Å². The Hall–Kier alpha value is -3.80. The van der Waals surface area contributed by atoms with E-state index in [0.717, 1.165) is 21.5 Å². The van der Waals surface area contributed by atoms with Crippen molar-refractivity contribution in [3.05, 3.63) is 95.3 Å². The molecule has 1 atom stereocenters. The number of rotatable bonds is 10. The number of nitrogens with one attached hydrogen (secondary N) is 2. The third-order valence-electron chi connectivity index (χ3n) is 6.34. The van der Waals surface area contributed by atoms with Crippen LogP contribution in [0.5, 0.6) is 0 Å². The van der Waals surface area contributed by atoms with Crippen molar-refractivity contribution < 1.29 is 27.1 Å². The van der Waals surface area contributed by atoms with Gasteiger partial charge in [0.15, 0.2) is 0 Å². The van der Waals surface area contributed by atoms with Gasteiger partial charge in [-0.25, -0.2) is 4.39 Å². The fourth-order valence-electron chi connectivity index (χ4n) is 4.16. The molecule has 3 aromatic rings. The molecule has 0 saturated carbocycles. The van der Waals surface area contributed by atoms with Crippen molar-refractivity contribution in [2.45, 2.75) is 25.5 Å². The van der Waals surface area contributed by atoms with Crippen LogP contribution < -0.4 is 14.9 Å². The lowest BCUT2D eigenvalue weighted by Crippen LogP contribution is -2.40. The lowest BCUT2D eigenvalue weighted by molar-refractivity contribution is 0.0858. The number of amides is 2. The van der Waals surface area contributed by atoms with Crippen LogP contribution in [0.3, 0.4) is 0 Å². The molecule has 1 aliphatic rings. The molecule has 1 aliphatic heterocycles. The molecule has 0 radical (unpaired) electrons. The number of nitrogens with zero attached hydrogens (tertiary/aromatic N) is 2. The number of hydrogen-bond acceptors (Lipinski definition) is 5. The van der Waals surface area contributed by atoms with Gasteiger partial charge in [0.25, 0.3) is 11.8 Å². The highest BCUT2D eigenvalue weighted by molar-refractivity contribution is 7.90. The maximum absolute atomic E-state index is 14.5. The number of halogens is 1. The Morgan fingerprint density at radius 1 is 0.974 bits per heavy atom. The minimum Gasteiger partial charge on any atom is -0.376 e. The van der Waals surface area contributed by atoms with Gasteiger partial charge in [-0.1, -0.05) is 36.4 Å². The highest BCUT2D eigenvalue weighted by atomic mass is 32.2. The Morgan fingerprint density at radius 2 is 1.67 bits per heavy atom. The van der Waals surface area contributed by atoms with Crippen molar-refractivity contribution in [1.82, 2.24) is 9.62 Å². The third kappa shape index (κ3) is 6.80. The monoisotopic (exact) mass is 554 g/mol. The average Bonchev–Trinajstić information content (AvgIpc) is 3.45. The molecule has 0 aromatic heterocycles. The van der Waals surface area contributed by atoms with E-state index >= 15 is 0 Å². The van der Waals surface area contributed by atoms with Gasteiger partial charge in [0.05, 0.1) is 29.6 Å². The van der Waals surface area contributed by atoms with Crippen LogP contribution in [-0.2, 0) is 21.5 Å². The summed E-state index contributed by atoms with van der Waals surface area (Å²) < 4.78 is 48.0. The zero-order chi connectivity index (χ0) is 28.0. The molecule has 0 bridgehead atoms. The third-order valence-corrected chi connectivity index (χ3v) is 8.14. The zero-order valence-electron chi connectivity index (χ0n) is 21.8. The van der Waals surface area contributed by atoms with Gasteiger partial charge in [-0.3, -0.25) is 13.9 Å². The second-order valence-corrected chi connectivity index (χ2v) is 11.4. The summed E-state index contributed by atoms with van der Waals surface area (Å²) >= 11 is 0. The van der Waals surface area contributed by atoms with E-state index < -0.39 is 21.9 Å². The largest absolute Gasteiger partial charge is 0.376 e. The van der Waals surface area contributed by atoms with Crippen LogP contribution in [0.1, 0.15) is 39.1 Å². The summed E-state index contributed by atoms with van der Waals surface area (Å²) in [5.41, 5.74) is 1.46. The summed E-state index contributed by atoms with van der Waals surface area (Å²) in [6.45, 7) is 0.950. The van der Waals surface area contributed by atoms with Crippen LogP contribution in [0.25, 0.3) is 0 Å². The first-order valence-corrected chi connectivity index (χ1v) is 13.9. The number of para-hydroxylation sites is 2. The summed E-state index contributed by atoms with van der Waals surface area (Å²) in [5.74, 6) is -1.42. The molecule has 1 heterocycles. The van der Waals surface area contributed by atoms with E-state index in [2.05, 4.69) is 10.6 Å². The van der Waals surface area contributed by atoms with E-state index in [4.69, 9.17) is 4.74 Å². The van der Waals surface area contributed by atoms with Crippen molar-refractivity contribution in [3.63, 3.8) is 0 Å². The summed E-state index contributed by atoms with van der Waals surface area (Å²) in [6.07, 6.45) is 1.86. The maximum Gasteiger partial charge on any atom is 0.303 e. The molecule has 0 spiro atoms. The fraction of sp³-hybridized carbons (Fsp3) is 0.286. The maximum atomic E-state index is 14.5. The molecule has 39 heavy (non-hydrogen) atoms. The molecule has 4 rings (SSSR count). The number of benzene rings is 3. The predicted octanol–water partition coefficient (Wildman–Crippen LogP) is 3.80. The summed E-state index contributed by atoms with van der Waals surface area (Å²) in [6, 6.07) is 18.7. The summed E-state index contributed by atoms with van der Waals surface area (Å²) in [4.78, 5) is 25.7. The second kappa shape index (κ2) is 12.4. The number of carbonyl (C=O) groups is 2. The topological polar surface area (TPSA) is 108 Å². The van der Waals surface area contributed by atoms with Crippen LogP contribution in [0.15, 0.2) is 72.8 Å². The quantitative estimate of drug-likeness (QED) is 0.397. The molecule has 3 aromatic carbocycles. The van der Waals surface area contributed by atoms with Crippen molar-refractivity contribution in [1.29, 1.82) is 0 Å². The molecule has 206 valence electrons. The number of carbonyl (C=O) groups excluding carboxylic acids is 2. The normalized spacial score (nSPS) is 15.2. The van der Waals surface area contributed by atoms with E-state index in [1.807, 2.05) is 0 Å². The minimum atomic E-state index is -4.00. The lowest BCUT2D eigenvalue weighted by Gasteiger charge is -2.27. The number of anilines is 2. The molecular weight excluding hydrogens is 523 g/mol. The van der Waals surface area contributed by atoms with Gasteiger partial charge in [0.1, 0.15) is 5.82 Å². The zero-order valence-corrected chi connectivity index (χ0v) is 22.6. The Balaban J connectivity index is 1.47. The van der Waals surface area contributed by atoms with Gasteiger partial charge >= 0.3 is 10.2 Å². The van der Waals surface area contributed by atoms with Gasteiger partial charge in [-0.05, 0) is 54.8 Å². The van der Waals surface area contributed by atoms with E-state index in [9.17, 15) is 22.4 Å². The van der Waals surface area contributed by atoms with Gasteiger partial charge in [0.2, 0.25) is 0 Å². The molecule has 2 amide bonds. The molecule has 0 unspecified atom stereocenters. The van der Waals surface area contributed by atoms with Crippen molar-refractivity contribution >= 4 is 33.4 Å². The average molecular weight is 555 g/mol. The van der Waals surface area contributed by atoms with Crippen molar-refractivity contribution in [3.8, 4) is 0 Å². The van der Waals surface area contributed by atoms with E-state index in [0.29, 0.717) is 35.5 Å². The standard InChI is InChI=1S/C28H31FN4O5S/c1-32(2)39(36,37)33(26-12-6-4-10-24(26)29)19-20-13-15-21(16-14-20)27(34)31-25-11-5-3-9-23(25)28(35)30-18-22-8-7-17-38-22/h3-6,9-16,22H,7-8,17-19H2,1-2H3,(H,30,35)(H,31,34)/t22-/m0/s1. The number of hydrogen-bond donors (Lipinski definition) is 2. The summed E-state index contributed by atoms with van der Waals surface area (Å²) in [5, 5.41) is 5.63. The highest BCUT2D eigenvalue weighted by Gasteiger charge is 2.27. The van der Waals surface area contributed by atoms with Crippen LogP contribution in [0, 0.1) is 5.82 Å². The Morgan fingerprint density at radius 3 is 2.33 bits per heavy atom. The Bertz CT molecular complexity index is 1420. The smallest absolute Gasteiger partial charge is 0.303 e. The van der Waals surface area contributed by atoms with Gasteiger partial charge in [-0.2, -0.15) is 12.7 Å². The fourth-order valence-corrected chi connectivity index (χ4v) is 5.26. The molecule has 1 fully saturated rings. The predicted molar refractivity (Wildman–Crippen MR) is 147 cm³/mol. The number of ether oxygens (including phenoxy) is 1. The van der Waals surface area contributed by atoms with Crippen molar-refractivity contribution in [2.24, 2.45) is 0 Å². The molecular formula is C28H31FN4O5S. The first kappa shape index (κ1) is 28.2. The van der Waals surface area contributed by atoms with Gasteiger partial charge in [0, 0.05) is 32.8 Å². The second-order valence-electron chi connectivity index (χ2n) is 9.29. The van der Waals surface area contributed by atoms with Crippen molar-refractivity contribution in [2.75, 3.05) is 36.9 Å². The first-order chi connectivity index (χ1) is 18.7. The van der Waals surface area contributed by atoms with Crippen LogP contribution in [0.4, 0.5) is 15.8 Å². The van der Waals surface area contributed by atoms with Crippen LogP contribution in [-0.4, -0.2) is 57.9 Å². The van der Waals surface area contributed by atoms with E-state index in [1.165, 1.54) is 32.3 Å². The first-order valence-electron chi connectivity index (χ1n) is 12.5. The van der Waals surface area contributed by atoms with E-state index in [1.54, 1.807) is 54.6 Å². The van der Waals surface area contributed by atoms with E-state index in [-0.39, 0.29) is 24.2 Å². The lowest BCUT2D eigenvalue weighted by atomic mass is 10.1. The molecule has 1 saturated heterocycles. The summed E-state index contributed by atoms with van der Waals surface area (Å²) in [7, 11) is -1.26. The molecule has 9 nitrogen and oxygen atoms in total. The highest BCUT2D eigenvalue weighted by Crippen LogP contribution is 2.26. The minimum absolute atomic E-state index is 0.00348. The van der Waals surface area contributed by atoms with Crippen LogP contribution >= 0.6 is 0 Å².